The van der Waals surface area contributed by atoms with Crippen LogP contribution in [-0.4, -0.2) is 35.3 Å². The number of methoxy groups -OCH3 is 1. The van der Waals surface area contributed by atoms with Gasteiger partial charge in [0.25, 0.3) is 0 Å². The molecular weight excluding hydrogens is 457 g/mol. The van der Waals surface area contributed by atoms with E-state index >= 15 is 0 Å². The number of nitrogens with one attached hydrogen (secondary N) is 1. The lowest BCUT2D eigenvalue weighted by Gasteiger charge is -2.20. The van der Waals surface area contributed by atoms with Gasteiger partial charge < -0.3 is 20.3 Å². The van der Waals surface area contributed by atoms with Crippen LogP contribution in [0.15, 0.2) is 33.8 Å². The van der Waals surface area contributed by atoms with Crippen molar-refractivity contribution in [2.45, 2.75) is 52.0 Å². The largest absolute Gasteiger partial charge is 0.497 e. The SMILES string of the molecule is COc1ccc(-c2noc(CCCCCN=C(N)NC(C)(C)C)n2)cc1.I. The van der Waals surface area contributed by atoms with Crippen LogP contribution in [0.1, 0.15) is 45.9 Å². The summed E-state index contributed by atoms with van der Waals surface area (Å²) >= 11 is 0. The zero-order chi connectivity index (χ0) is 19.0. The molecular formula is C19H30IN5O2. The molecule has 0 bridgehead atoms. The molecule has 0 saturated carbocycles. The molecule has 3 N–H and O–H groups in total. The summed E-state index contributed by atoms with van der Waals surface area (Å²) in [6.07, 6.45) is 3.76. The number of aromatic nitrogens is 2. The van der Waals surface area contributed by atoms with E-state index in [1.54, 1.807) is 7.11 Å². The molecule has 0 aliphatic carbocycles. The van der Waals surface area contributed by atoms with Crippen LogP contribution in [0.25, 0.3) is 11.4 Å². The molecule has 2 aromatic rings. The number of nitrogens with two attached hydrogens (primary N) is 1. The number of aryl methyl sites for hydroxylation is 1. The monoisotopic (exact) mass is 487 g/mol. The van der Waals surface area contributed by atoms with Gasteiger partial charge in [0.15, 0.2) is 5.96 Å². The maximum atomic E-state index is 5.84. The van der Waals surface area contributed by atoms with Crippen LogP contribution in [0.4, 0.5) is 0 Å². The Balaban J connectivity index is 0.00000364. The van der Waals surface area contributed by atoms with Crippen molar-refractivity contribution in [3.8, 4) is 17.1 Å². The van der Waals surface area contributed by atoms with Crippen LogP contribution in [0.2, 0.25) is 0 Å². The molecule has 27 heavy (non-hydrogen) atoms. The molecule has 0 saturated heterocycles. The Morgan fingerprint density at radius 3 is 2.52 bits per heavy atom. The van der Waals surface area contributed by atoms with Crippen LogP contribution < -0.4 is 15.8 Å². The molecule has 1 aromatic carbocycles. The second-order valence-corrected chi connectivity index (χ2v) is 7.19. The second-order valence-electron chi connectivity index (χ2n) is 7.19. The molecule has 0 spiro atoms. The quantitative estimate of drug-likeness (QED) is 0.255. The molecule has 0 amide bonds. The zero-order valence-electron chi connectivity index (χ0n) is 16.5. The topological polar surface area (TPSA) is 98.6 Å². The van der Waals surface area contributed by atoms with Gasteiger partial charge in [0, 0.05) is 24.1 Å². The molecule has 1 heterocycles. The second kappa shape index (κ2) is 11.1. The maximum absolute atomic E-state index is 5.84. The van der Waals surface area contributed by atoms with Crippen LogP contribution in [0, 0.1) is 0 Å². The number of hydrogen-bond acceptors (Lipinski definition) is 5. The van der Waals surface area contributed by atoms with Gasteiger partial charge >= 0.3 is 0 Å². The summed E-state index contributed by atoms with van der Waals surface area (Å²) in [5.74, 6) is 2.57. The summed E-state index contributed by atoms with van der Waals surface area (Å²) in [6.45, 7) is 6.88. The average Bonchev–Trinajstić information content (AvgIpc) is 3.05. The Labute approximate surface area is 178 Å². The smallest absolute Gasteiger partial charge is 0.226 e. The van der Waals surface area contributed by atoms with Crippen LogP contribution >= 0.6 is 24.0 Å². The first kappa shape index (κ1) is 23.2. The van der Waals surface area contributed by atoms with Gasteiger partial charge in [-0.25, -0.2) is 0 Å². The maximum Gasteiger partial charge on any atom is 0.226 e. The summed E-state index contributed by atoms with van der Waals surface area (Å²) in [4.78, 5) is 8.78. The molecule has 0 fully saturated rings. The number of unbranched alkanes of at least 4 members (excludes halogenated alkanes) is 2. The minimum absolute atomic E-state index is 0. The third-order valence-electron chi connectivity index (χ3n) is 3.65. The third kappa shape index (κ3) is 8.59. The molecule has 2 rings (SSSR count). The minimum Gasteiger partial charge on any atom is -0.497 e. The number of benzene rings is 1. The van der Waals surface area contributed by atoms with Crippen LogP contribution in [0.3, 0.4) is 0 Å². The summed E-state index contributed by atoms with van der Waals surface area (Å²) in [7, 11) is 1.64. The lowest BCUT2D eigenvalue weighted by molar-refractivity contribution is 0.374. The van der Waals surface area contributed by atoms with E-state index in [1.807, 2.05) is 24.3 Å². The highest BCUT2D eigenvalue weighted by molar-refractivity contribution is 14.0. The number of halogens is 1. The number of ether oxygens (including phenoxy) is 1. The van der Waals surface area contributed by atoms with Crippen molar-refractivity contribution in [2.75, 3.05) is 13.7 Å². The van der Waals surface area contributed by atoms with Crippen molar-refractivity contribution in [1.29, 1.82) is 0 Å². The van der Waals surface area contributed by atoms with Crippen molar-refractivity contribution in [3.63, 3.8) is 0 Å². The molecule has 0 radical (unpaired) electrons. The standard InChI is InChI=1S/C19H29N5O2.HI/c1-19(2,3)23-18(20)21-13-7-5-6-8-16-22-17(24-26-16)14-9-11-15(25-4)12-10-14;/h9-12H,5-8,13H2,1-4H3,(H3,20,21,23);1H. The Kier molecular flexibility index (Phi) is 9.54. The van der Waals surface area contributed by atoms with Gasteiger partial charge in [0.05, 0.1) is 7.11 Å². The lowest BCUT2D eigenvalue weighted by atomic mass is 10.1. The van der Waals surface area contributed by atoms with Crippen molar-refractivity contribution < 1.29 is 9.26 Å². The van der Waals surface area contributed by atoms with E-state index in [4.69, 9.17) is 15.0 Å². The van der Waals surface area contributed by atoms with Crippen LogP contribution in [-0.2, 0) is 6.42 Å². The van der Waals surface area contributed by atoms with Crippen molar-refractivity contribution in [3.05, 3.63) is 30.2 Å². The summed E-state index contributed by atoms with van der Waals surface area (Å²) in [6, 6.07) is 7.60. The predicted octanol–water partition coefficient (Wildman–Crippen LogP) is 3.78. The van der Waals surface area contributed by atoms with Gasteiger partial charge in [-0.1, -0.05) is 11.6 Å². The molecule has 0 aliphatic rings. The van der Waals surface area contributed by atoms with Gasteiger partial charge in [-0.05, 0) is 57.9 Å². The number of aliphatic imine (C=N–C) groups is 1. The number of hydrogen-bond donors (Lipinski definition) is 2. The minimum atomic E-state index is -0.0624. The van der Waals surface area contributed by atoms with E-state index < -0.39 is 0 Å². The van der Waals surface area contributed by atoms with E-state index in [0.717, 1.165) is 43.5 Å². The van der Waals surface area contributed by atoms with Crippen molar-refractivity contribution in [2.24, 2.45) is 10.7 Å². The van der Waals surface area contributed by atoms with E-state index in [9.17, 15) is 0 Å². The predicted molar refractivity (Wildman–Crippen MR) is 119 cm³/mol. The fourth-order valence-electron chi connectivity index (χ4n) is 2.40. The summed E-state index contributed by atoms with van der Waals surface area (Å²) in [5.41, 5.74) is 6.69. The van der Waals surface area contributed by atoms with E-state index in [-0.39, 0.29) is 29.5 Å². The van der Waals surface area contributed by atoms with Gasteiger partial charge in [-0.2, -0.15) is 4.98 Å². The fourth-order valence-corrected chi connectivity index (χ4v) is 2.40. The lowest BCUT2D eigenvalue weighted by Crippen LogP contribution is -2.45. The van der Waals surface area contributed by atoms with Crippen LogP contribution in [0.5, 0.6) is 5.75 Å². The first-order chi connectivity index (χ1) is 12.4. The van der Waals surface area contributed by atoms with Gasteiger partial charge in [-0.3, -0.25) is 4.99 Å². The molecule has 8 heteroatoms. The van der Waals surface area contributed by atoms with E-state index in [2.05, 4.69) is 41.2 Å². The molecule has 0 unspecified atom stereocenters. The highest BCUT2D eigenvalue weighted by atomic mass is 127. The van der Waals surface area contributed by atoms with Gasteiger partial charge in [0.1, 0.15) is 5.75 Å². The Morgan fingerprint density at radius 2 is 1.89 bits per heavy atom. The summed E-state index contributed by atoms with van der Waals surface area (Å²) < 4.78 is 10.5. The van der Waals surface area contributed by atoms with E-state index in [1.165, 1.54) is 0 Å². The number of rotatable bonds is 8. The normalized spacial score (nSPS) is 11.8. The van der Waals surface area contributed by atoms with E-state index in [0.29, 0.717) is 17.7 Å². The number of nitrogens with zero attached hydrogens (tertiary/aromatic N) is 3. The Hall–Kier alpha value is -1.84. The average molecular weight is 487 g/mol. The first-order valence-electron chi connectivity index (χ1n) is 8.92. The molecule has 7 nitrogen and oxygen atoms in total. The molecule has 150 valence electrons. The van der Waals surface area contributed by atoms with Gasteiger partial charge in [-0.15, -0.1) is 24.0 Å². The fraction of sp³-hybridized carbons (Fsp3) is 0.526. The zero-order valence-corrected chi connectivity index (χ0v) is 18.8. The van der Waals surface area contributed by atoms with Gasteiger partial charge in [0.2, 0.25) is 11.7 Å². The highest BCUT2D eigenvalue weighted by Crippen LogP contribution is 2.20. The first-order valence-corrected chi connectivity index (χ1v) is 8.92. The Morgan fingerprint density at radius 1 is 1.19 bits per heavy atom. The molecule has 1 aromatic heterocycles. The van der Waals surface area contributed by atoms with Crippen molar-refractivity contribution >= 4 is 29.9 Å². The third-order valence-corrected chi connectivity index (χ3v) is 3.65. The Bertz CT molecular complexity index is 708. The number of guanidine groups is 1. The summed E-state index contributed by atoms with van der Waals surface area (Å²) in [5, 5.41) is 7.19. The highest BCUT2D eigenvalue weighted by Gasteiger charge is 2.10. The van der Waals surface area contributed by atoms with Crippen molar-refractivity contribution in [1.82, 2.24) is 15.5 Å². The molecule has 0 aliphatic heterocycles. The molecule has 0 atom stereocenters.